The molecule has 0 fully saturated rings. The van der Waals surface area contributed by atoms with Gasteiger partial charge in [-0.3, -0.25) is 14.9 Å². The third kappa shape index (κ3) is 5.52. The van der Waals surface area contributed by atoms with Gasteiger partial charge in [-0.1, -0.05) is 44.2 Å². The van der Waals surface area contributed by atoms with E-state index in [-0.39, 0.29) is 18.4 Å². The summed E-state index contributed by atoms with van der Waals surface area (Å²) in [6.45, 7) is 4.32. The van der Waals surface area contributed by atoms with Crippen LogP contribution in [0.1, 0.15) is 19.4 Å². The van der Waals surface area contributed by atoms with Gasteiger partial charge in [0.05, 0.1) is 12.6 Å². The maximum atomic E-state index is 11.6. The van der Waals surface area contributed by atoms with Gasteiger partial charge in [-0.2, -0.15) is 0 Å². The molecule has 1 aromatic carbocycles. The summed E-state index contributed by atoms with van der Waals surface area (Å²) in [6.07, 6.45) is 0. The molecule has 0 spiro atoms. The second-order valence-corrected chi connectivity index (χ2v) is 4.77. The molecule has 1 unspecified atom stereocenters. The van der Waals surface area contributed by atoms with Crippen molar-refractivity contribution in [2.24, 2.45) is 11.7 Å². The van der Waals surface area contributed by atoms with E-state index in [1.165, 1.54) is 0 Å². The first-order chi connectivity index (χ1) is 9.00. The summed E-state index contributed by atoms with van der Waals surface area (Å²) < 4.78 is 0. The first-order valence-electron chi connectivity index (χ1n) is 6.34. The first kappa shape index (κ1) is 15.2. The zero-order valence-electron chi connectivity index (χ0n) is 11.3. The number of carbonyl (C=O) groups is 2. The minimum absolute atomic E-state index is 0.0550. The first-order valence-corrected chi connectivity index (χ1v) is 6.34. The molecule has 1 atom stereocenters. The second-order valence-electron chi connectivity index (χ2n) is 4.77. The van der Waals surface area contributed by atoms with E-state index in [0.29, 0.717) is 6.54 Å². The van der Waals surface area contributed by atoms with Crippen molar-refractivity contribution < 1.29 is 9.59 Å². The zero-order chi connectivity index (χ0) is 14.3. The molecular formula is C14H21N3O2. The number of nitrogens with two attached hydrogens (primary N) is 1. The van der Waals surface area contributed by atoms with Crippen LogP contribution in [-0.2, 0) is 16.1 Å². The fraction of sp³-hybridized carbons (Fsp3) is 0.429. The summed E-state index contributed by atoms with van der Waals surface area (Å²) in [5.41, 5.74) is 6.29. The lowest BCUT2D eigenvalue weighted by Crippen LogP contribution is -2.48. The van der Waals surface area contributed by atoms with Crippen LogP contribution < -0.4 is 16.4 Å². The van der Waals surface area contributed by atoms with Crippen molar-refractivity contribution in [1.29, 1.82) is 0 Å². The predicted molar refractivity (Wildman–Crippen MR) is 74.1 cm³/mol. The van der Waals surface area contributed by atoms with Crippen molar-refractivity contribution in [2.75, 3.05) is 6.54 Å². The summed E-state index contributed by atoms with van der Waals surface area (Å²) >= 11 is 0. The van der Waals surface area contributed by atoms with Crippen molar-refractivity contribution >= 4 is 11.8 Å². The fourth-order valence-electron chi connectivity index (χ4n) is 1.73. The van der Waals surface area contributed by atoms with Gasteiger partial charge < -0.3 is 11.1 Å². The number of hydrogen-bond donors (Lipinski definition) is 3. The summed E-state index contributed by atoms with van der Waals surface area (Å²) in [4.78, 5) is 22.8. The van der Waals surface area contributed by atoms with E-state index >= 15 is 0 Å². The third-order valence-corrected chi connectivity index (χ3v) is 2.79. The van der Waals surface area contributed by atoms with E-state index in [2.05, 4.69) is 10.6 Å². The quantitative estimate of drug-likeness (QED) is 0.666. The van der Waals surface area contributed by atoms with E-state index in [0.717, 1.165) is 5.56 Å². The molecule has 0 saturated heterocycles. The lowest BCUT2D eigenvalue weighted by molar-refractivity contribution is -0.122. The Bertz CT molecular complexity index is 418. The van der Waals surface area contributed by atoms with Gasteiger partial charge in [0.25, 0.3) is 0 Å². The number of amides is 2. The minimum atomic E-state index is -0.484. The molecule has 0 aromatic heterocycles. The highest BCUT2D eigenvalue weighted by Gasteiger charge is 2.19. The maximum Gasteiger partial charge on any atom is 0.234 e. The lowest BCUT2D eigenvalue weighted by atomic mass is 10.0. The standard InChI is InChI=1S/C14H21N3O2/c1-10(2)13(14(15)19)17-9-12(18)16-8-11-6-4-3-5-7-11/h3-7,10,13,17H,8-9H2,1-2H3,(H2,15,19)(H,16,18). The highest BCUT2D eigenvalue weighted by molar-refractivity contribution is 5.82. The molecule has 0 bridgehead atoms. The lowest BCUT2D eigenvalue weighted by Gasteiger charge is -2.18. The predicted octanol–water partition coefficient (Wildman–Crippen LogP) is 0.402. The van der Waals surface area contributed by atoms with Gasteiger partial charge in [-0.05, 0) is 11.5 Å². The summed E-state index contributed by atoms with van der Waals surface area (Å²) in [6, 6.07) is 9.15. The average molecular weight is 263 g/mol. The number of benzene rings is 1. The van der Waals surface area contributed by atoms with E-state index in [1.807, 2.05) is 44.2 Å². The Morgan fingerprint density at radius 3 is 2.37 bits per heavy atom. The Morgan fingerprint density at radius 1 is 1.21 bits per heavy atom. The molecule has 5 heteroatoms. The maximum absolute atomic E-state index is 11.6. The Morgan fingerprint density at radius 2 is 1.84 bits per heavy atom. The van der Waals surface area contributed by atoms with Gasteiger partial charge in [0.15, 0.2) is 0 Å². The van der Waals surface area contributed by atoms with Crippen LogP contribution in [0.15, 0.2) is 30.3 Å². The van der Waals surface area contributed by atoms with Gasteiger partial charge in [0.2, 0.25) is 11.8 Å². The Kier molecular flexibility index (Phi) is 6.02. The van der Waals surface area contributed by atoms with Gasteiger partial charge in [0, 0.05) is 6.54 Å². The van der Waals surface area contributed by atoms with E-state index < -0.39 is 11.9 Å². The van der Waals surface area contributed by atoms with E-state index in [1.54, 1.807) is 0 Å². The zero-order valence-corrected chi connectivity index (χ0v) is 11.3. The molecule has 0 saturated carbocycles. The molecule has 2 amide bonds. The Labute approximate surface area is 113 Å². The number of rotatable bonds is 7. The number of nitrogens with one attached hydrogen (secondary N) is 2. The van der Waals surface area contributed by atoms with Crippen molar-refractivity contribution in [3.8, 4) is 0 Å². The molecule has 4 N–H and O–H groups in total. The van der Waals surface area contributed by atoms with Gasteiger partial charge in [-0.25, -0.2) is 0 Å². The topological polar surface area (TPSA) is 84.2 Å². The van der Waals surface area contributed by atoms with Gasteiger partial charge >= 0.3 is 0 Å². The average Bonchev–Trinajstić information content (AvgIpc) is 2.37. The molecule has 0 radical (unpaired) electrons. The van der Waals surface area contributed by atoms with Crippen LogP contribution in [0.2, 0.25) is 0 Å². The smallest absolute Gasteiger partial charge is 0.234 e. The van der Waals surface area contributed by atoms with Gasteiger partial charge in [-0.15, -0.1) is 0 Å². The molecule has 0 aliphatic carbocycles. The molecule has 5 nitrogen and oxygen atoms in total. The SMILES string of the molecule is CC(C)C(NCC(=O)NCc1ccccc1)C(N)=O. The van der Waals surface area contributed by atoms with Crippen molar-refractivity contribution in [1.82, 2.24) is 10.6 Å². The van der Waals surface area contributed by atoms with Crippen molar-refractivity contribution in [3.05, 3.63) is 35.9 Å². The number of hydrogen-bond acceptors (Lipinski definition) is 3. The van der Waals surface area contributed by atoms with Crippen molar-refractivity contribution in [2.45, 2.75) is 26.4 Å². The Hall–Kier alpha value is -1.88. The molecule has 1 rings (SSSR count). The number of primary amides is 1. The van der Waals surface area contributed by atoms with Crippen LogP contribution in [-0.4, -0.2) is 24.4 Å². The van der Waals surface area contributed by atoms with Crippen LogP contribution in [0.5, 0.6) is 0 Å². The monoisotopic (exact) mass is 263 g/mol. The summed E-state index contributed by atoms with van der Waals surface area (Å²) in [7, 11) is 0. The highest BCUT2D eigenvalue weighted by atomic mass is 16.2. The molecule has 0 aliphatic heterocycles. The second kappa shape index (κ2) is 7.53. The summed E-state index contributed by atoms with van der Waals surface area (Å²) in [5, 5.41) is 5.65. The van der Waals surface area contributed by atoms with Gasteiger partial charge in [0.1, 0.15) is 0 Å². The Balaban J connectivity index is 2.33. The van der Waals surface area contributed by atoms with E-state index in [9.17, 15) is 9.59 Å². The summed E-state index contributed by atoms with van der Waals surface area (Å²) in [5.74, 6) is -0.541. The molecule has 1 aromatic rings. The van der Waals surface area contributed by atoms with E-state index in [4.69, 9.17) is 5.73 Å². The van der Waals surface area contributed by atoms with Crippen LogP contribution in [0, 0.1) is 5.92 Å². The molecule has 104 valence electrons. The van der Waals surface area contributed by atoms with Crippen LogP contribution in [0.4, 0.5) is 0 Å². The fourth-order valence-corrected chi connectivity index (χ4v) is 1.73. The molecular weight excluding hydrogens is 242 g/mol. The van der Waals surface area contributed by atoms with Crippen molar-refractivity contribution in [3.63, 3.8) is 0 Å². The molecule has 19 heavy (non-hydrogen) atoms. The number of carbonyl (C=O) groups excluding carboxylic acids is 2. The minimum Gasteiger partial charge on any atom is -0.368 e. The normalized spacial score (nSPS) is 12.2. The van der Waals surface area contributed by atoms with Crippen LogP contribution in [0.3, 0.4) is 0 Å². The molecule has 0 heterocycles. The third-order valence-electron chi connectivity index (χ3n) is 2.79. The van der Waals surface area contributed by atoms with Crippen LogP contribution in [0.25, 0.3) is 0 Å². The van der Waals surface area contributed by atoms with Crippen LogP contribution >= 0.6 is 0 Å². The largest absolute Gasteiger partial charge is 0.368 e. The molecule has 0 aliphatic rings. The highest BCUT2D eigenvalue weighted by Crippen LogP contribution is 2.00.